The van der Waals surface area contributed by atoms with Gasteiger partial charge in [-0.25, -0.2) is 0 Å². The monoisotopic (exact) mass is 302 g/mol. The first-order chi connectivity index (χ1) is 10.6. The lowest BCUT2D eigenvalue weighted by Crippen LogP contribution is -2.28. The standard InChI is InChI=1S/C18H26N2O2/c1-3-14(2)22-17-7-5-4-6-16(17)8-9-18(21)20-11-10-15(12-19)13-20/h4-9,14-15H,3,10-13,19H2,1-2H3/b9-8+. The van der Waals surface area contributed by atoms with Crippen LogP contribution in [0.1, 0.15) is 32.3 Å². The molecule has 0 saturated carbocycles. The first-order valence-electron chi connectivity index (χ1n) is 8.06. The molecule has 2 N–H and O–H groups in total. The quantitative estimate of drug-likeness (QED) is 0.822. The first kappa shape index (κ1) is 16.6. The maximum Gasteiger partial charge on any atom is 0.246 e. The van der Waals surface area contributed by atoms with Gasteiger partial charge in [-0.15, -0.1) is 0 Å². The van der Waals surface area contributed by atoms with Crippen LogP contribution in [0.3, 0.4) is 0 Å². The molecule has 2 rings (SSSR count). The molecule has 4 nitrogen and oxygen atoms in total. The van der Waals surface area contributed by atoms with Crippen molar-refractivity contribution in [3.63, 3.8) is 0 Å². The number of likely N-dealkylation sites (tertiary alicyclic amines) is 1. The molecule has 1 fully saturated rings. The summed E-state index contributed by atoms with van der Waals surface area (Å²) in [6, 6.07) is 7.81. The molecule has 1 saturated heterocycles. The Morgan fingerprint density at radius 1 is 1.50 bits per heavy atom. The van der Waals surface area contributed by atoms with Gasteiger partial charge in [-0.1, -0.05) is 25.1 Å². The number of rotatable bonds is 6. The Bertz CT molecular complexity index is 528. The van der Waals surface area contributed by atoms with Gasteiger partial charge in [-0.2, -0.15) is 0 Å². The maximum absolute atomic E-state index is 12.2. The molecule has 22 heavy (non-hydrogen) atoms. The lowest BCUT2D eigenvalue weighted by Gasteiger charge is -2.15. The zero-order valence-electron chi connectivity index (χ0n) is 13.5. The summed E-state index contributed by atoms with van der Waals surface area (Å²) in [6.45, 7) is 6.36. The minimum Gasteiger partial charge on any atom is -0.490 e. The van der Waals surface area contributed by atoms with E-state index in [-0.39, 0.29) is 12.0 Å². The van der Waals surface area contributed by atoms with E-state index >= 15 is 0 Å². The van der Waals surface area contributed by atoms with E-state index in [0.717, 1.165) is 37.2 Å². The highest BCUT2D eigenvalue weighted by atomic mass is 16.5. The number of hydrogen-bond acceptors (Lipinski definition) is 3. The molecule has 0 radical (unpaired) electrons. The normalized spacial score (nSPS) is 19.6. The highest BCUT2D eigenvalue weighted by Gasteiger charge is 2.23. The average molecular weight is 302 g/mol. The van der Waals surface area contributed by atoms with Crippen LogP contribution in [0.4, 0.5) is 0 Å². The van der Waals surface area contributed by atoms with Crippen LogP contribution in [-0.4, -0.2) is 36.5 Å². The number of carbonyl (C=O) groups excluding carboxylic acids is 1. The van der Waals surface area contributed by atoms with E-state index in [1.165, 1.54) is 0 Å². The summed E-state index contributed by atoms with van der Waals surface area (Å²) in [7, 11) is 0. The van der Waals surface area contributed by atoms with Crippen LogP contribution in [0.15, 0.2) is 30.3 Å². The Kier molecular flexibility index (Phi) is 6.01. The van der Waals surface area contributed by atoms with E-state index < -0.39 is 0 Å². The average Bonchev–Trinajstić information content (AvgIpc) is 3.02. The molecular formula is C18H26N2O2. The lowest BCUT2D eigenvalue weighted by molar-refractivity contribution is -0.125. The van der Waals surface area contributed by atoms with Crippen LogP contribution in [0.5, 0.6) is 5.75 Å². The molecule has 4 heteroatoms. The predicted molar refractivity (Wildman–Crippen MR) is 89.6 cm³/mol. The van der Waals surface area contributed by atoms with Crippen molar-refractivity contribution in [2.45, 2.75) is 32.8 Å². The summed E-state index contributed by atoms with van der Waals surface area (Å²) in [6.07, 6.45) is 5.59. The minimum atomic E-state index is 0.0503. The summed E-state index contributed by atoms with van der Waals surface area (Å²) in [5, 5.41) is 0. The fourth-order valence-electron chi connectivity index (χ4n) is 2.52. The topological polar surface area (TPSA) is 55.6 Å². The number of nitrogens with two attached hydrogens (primary N) is 1. The van der Waals surface area contributed by atoms with Gasteiger partial charge in [0, 0.05) is 24.7 Å². The molecule has 1 aromatic carbocycles. The second-order valence-corrected chi connectivity index (χ2v) is 5.88. The molecule has 1 aliphatic heterocycles. The van der Waals surface area contributed by atoms with Crippen molar-refractivity contribution in [2.24, 2.45) is 11.7 Å². The van der Waals surface area contributed by atoms with Crippen molar-refractivity contribution < 1.29 is 9.53 Å². The van der Waals surface area contributed by atoms with E-state index in [2.05, 4.69) is 6.92 Å². The van der Waals surface area contributed by atoms with Crippen molar-refractivity contribution >= 4 is 12.0 Å². The van der Waals surface area contributed by atoms with Crippen molar-refractivity contribution in [2.75, 3.05) is 19.6 Å². The Hall–Kier alpha value is -1.81. The number of para-hydroxylation sites is 1. The van der Waals surface area contributed by atoms with Gasteiger partial charge in [-0.3, -0.25) is 4.79 Å². The van der Waals surface area contributed by atoms with Crippen LogP contribution < -0.4 is 10.5 Å². The molecule has 0 aliphatic carbocycles. The minimum absolute atomic E-state index is 0.0503. The van der Waals surface area contributed by atoms with Gasteiger partial charge in [-0.05, 0) is 44.4 Å². The number of ether oxygens (including phenoxy) is 1. The van der Waals surface area contributed by atoms with Gasteiger partial charge >= 0.3 is 0 Å². The number of benzene rings is 1. The zero-order valence-corrected chi connectivity index (χ0v) is 13.5. The third-order valence-electron chi connectivity index (χ3n) is 4.16. The molecule has 120 valence electrons. The van der Waals surface area contributed by atoms with E-state index in [0.29, 0.717) is 12.5 Å². The van der Waals surface area contributed by atoms with Crippen LogP contribution in [-0.2, 0) is 4.79 Å². The van der Waals surface area contributed by atoms with Gasteiger partial charge in [0.15, 0.2) is 0 Å². The fraction of sp³-hybridized carbons (Fsp3) is 0.500. The third kappa shape index (κ3) is 4.34. The van der Waals surface area contributed by atoms with Crippen LogP contribution in [0.25, 0.3) is 6.08 Å². The summed E-state index contributed by atoms with van der Waals surface area (Å²) < 4.78 is 5.89. The number of nitrogens with zero attached hydrogens (tertiary/aromatic N) is 1. The van der Waals surface area contributed by atoms with Crippen LogP contribution in [0, 0.1) is 5.92 Å². The molecule has 2 unspecified atom stereocenters. The molecule has 0 spiro atoms. The van der Waals surface area contributed by atoms with Gasteiger partial charge in [0.05, 0.1) is 6.10 Å². The molecule has 2 atom stereocenters. The van der Waals surface area contributed by atoms with Crippen LogP contribution in [0.2, 0.25) is 0 Å². The van der Waals surface area contributed by atoms with Crippen molar-refractivity contribution in [1.29, 1.82) is 0 Å². The Balaban J connectivity index is 2.02. The lowest BCUT2D eigenvalue weighted by atomic mass is 10.1. The molecule has 0 bridgehead atoms. The Labute approximate surface area is 132 Å². The third-order valence-corrected chi connectivity index (χ3v) is 4.16. The van der Waals surface area contributed by atoms with Crippen molar-refractivity contribution in [3.05, 3.63) is 35.9 Å². The van der Waals surface area contributed by atoms with Gasteiger partial charge in [0.25, 0.3) is 0 Å². The number of carbonyl (C=O) groups is 1. The summed E-state index contributed by atoms with van der Waals surface area (Å²) in [4.78, 5) is 14.1. The largest absolute Gasteiger partial charge is 0.490 e. The Morgan fingerprint density at radius 2 is 2.27 bits per heavy atom. The predicted octanol–water partition coefficient (Wildman–Crippen LogP) is 2.68. The number of amides is 1. The fourth-order valence-corrected chi connectivity index (χ4v) is 2.52. The van der Waals surface area contributed by atoms with E-state index in [4.69, 9.17) is 10.5 Å². The second-order valence-electron chi connectivity index (χ2n) is 5.88. The van der Waals surface area contributed by atoms with Crippen LogP contribution >= 0.6 is 0 Å². The smallest absolute Gasteiger partial charge is 0.246 e. The van der Waals surface area contributed by atoms with E-state index in [9.17, 15) is 4.79 Å². The van der Waals surface area contributed by atoms with Gasteiger partial charge in [0.1, 0.15) is 5.75 Å². The van der Waals surface area contributed by atoms with E-state index in [1.54, 1.807) is 6.08 Å². The molecule has 1 aliphatic rings. The molecule has 1 aromatic rings. The van der Waals surface area contributed by atoms with Crippen molar-refractivity contribution in [3.8, 4) is 5.75 Å². The summed E-state index contributed by atoms with van der Waals surface area (Å²) >= 11 is 0. The highest BCUT2D eigenvalue weighted by molar-refractivity contribution is 5.92. The SMILES string of the molecule is CCC(C)Oc1ccccc1/C=C/C(=O)N1CCC(CN)C1. The van der Waals surface area contributed by atoms with Gasteiger partial charge < -0.3 is 15.4 Å². The molecule has 1 heterocycles. The second kappa shape index (κ2) is 7.99. The molecular weight excluding hydrogens is 276 g/mol. The van der Waals surface area contributed by atoms with Crippen molar-refractivity contribution in [1.82, 2.24) is 4.90 Å². The molecule has 1 amide bonds. The maximum atomic E-state index is 12.2. The first-order valence-corrected chi connectivity index (χ1v) is 8.06. The summed E-state index contributed by atoms with van der Waals surface area (Å²) in [5.74, 6) is 1.31. The highest BCUT2D eigenvalue weighted by Crippen LogP contribution is 2.22. The molecule has 0 aromatic heterocycles. The van der Waals surface area contributed by atoms with Gasteiger partial charge in [0.2, 0.25) is 5.91 Å². The van der Waals surface area contributed by atoms with E-state index in [1.807, 2.05) is 42.2 Å². The zero-order chi connectivity index (χ0) is 15.9. The summed E-state index contributed by atoms with van der Waals surface area (Å²) in [5.41, 5.74) is 6.60. The number of hydrogen-bond donors (Lipinski definition) is 1. The Morgan fingerprint density at radius 3 is 2.95 bits per heavy atom.